The summed E-state index contributed by atoms with van der Waals surface area (Å²) in [7, 11) is 0. The Morgan fingerprint density at radius 3 is 1.07 bits per heavy atom. The molecule has 0 aliphatic rings. The Morgan fingerprint density at radius 2 is 0.684 bits per heavy atom. The van der Waals surface area contributed by atoms with Crippen molar-refractivity contribution < 1.29 is 29.6 Å². The first-order valence-electron chi connectivity index (χ1n) is 34.2. The fourth-order valence-corrected chi connectivity index (χ4v) is 10.8. The van der Waals surface area contributed by atoms with Crippen molar-refractivity contribution in [3.8, 4) is 0 Å². The summed E-state index contributed by atoms with van der Waals surface area (Å²) in [4.78, 5) is 24.6. The monoisotopic (exact) mass is 1070 g/mol. The minimum absolute atomic E-state index is 0.000665. The van der Waals surface area contributed by atoms with Gasteiger partial charge in [0, 0.05) is 12.8 Å². The van der Waals surface area contributed by atoms with Crippen molar-refractivity contribution in [2.75, 3.05) is 13.2 Å². The number of amides is 1. The van der Waals surface area contributed by atoms with Crippen LogP contribution in [-0.2, 0) is 14.3 Å². The van der Waals surface area contributed by atoms with E-state index in [-0.39, 0.29) is 18.5 Å². The molecule has 0 aliphatic carbocycles. The number of nitrogens with one attached hydrogen (secondary N) is 1. The van der Waals surface area contributed by atoms with Crippen molar-refractivity contribution in [2.24, 2.45) is 0 Å². The van der Waals surface area contributed by atoms with Gasteiger partial charge in [0.2, 0.25) is 5.91 Å². The van der Waals surface area contributed by atoms with Gasteiger partial charge in [0.05, 0.1) is 25.4 Å². The summed E-state index contributed by atoms with van der Waals surface area (Å²) in [6, 6.07) is -0.813. The molecule has 7 nitrogen and oxygen atoms in total. The zero-order valence-corrected chi connectivity index (χ0v) is 51.1. The molecule has 76 heavy (non-hydrogen) atoms. The Balaban J connectivity index is 3.41. The third-order valence-corrected chi connectivity index (χ3v) is 16.1. The van der Waals surface area contributed by atoms with Crippen molar-refractivity contribution in [3.63, 3.8) is 0 Å². The summed E-state index contributed by atoms with van der Waals surface area (Å²) in [6.07, 6.45) is 76.6. The molecule has 0 aromatic rings. The van der Waals surface area contributed by atoms with Crippen molar-refractivity contribution >= 4 is 11.9 Å². The number of hydrogen-bond acceptors (Lipinski definition) is 6. The van der Waals surface area contributed by atoms with E-state index < -0.39 is 18.2 Å². The van der Waals surface area contributed by atoms with Crippen molar-refractivity contribution in [1.29, 1.82) is 0 Å². The van der Waals surface area contributed by atoms with Gasteiger partial charge in [-0.25, -0.2) is 0 Å². The summed E-state index contributed by atoms with van der Waals surface area (Å²) in [5.74, 6) is -0.143. The fraction of sp³-hybridized carbons (Fsp3) is 0.913. The molecule has 7 heteroatoms. The van der Waals surface area contributed by atoms with Gasteiger partial charge in [-0.3, -0.25) is 9.59 Å². The molecule has 3 atom stereocenters. The highest BCUT2D eigenvalue weighted by Gasteiger charge is 2.27. The van der Waals surface area contributed by atoms with Gasteiger partial charge in [0.1, 0.15) is 6.10 Å². The van der Waals surface area contributed by atoms with E-state index in [1.54, 1.807) is 0 Å². The lowest BCUT2D eigenvalue weighted by atomic mass is 9.99. The summed E-state index contributed by atoms with van der Waals surface area (Å²) >= 11 is 0. The summed E-state index contributed by atoms with van der Waals surface area (Å²) in [5.41, 5.74) is 0. The Bertz CT molecular complexity index is 1210. The Hall–Kier alpha value is -1.70. The van der Waals surface area contributed by atoms with Crippen LogP contribution in [-0.4, -0.2) is 58.7 Å². The van der Waals surface area contributed by atoms with Crippen LogP contribution in [0.4, 0.5) is 0 Å². The molecular weight excluding hydrogens is 939 g/mol. The van der Waals surface area contributed by atoms with E-state index in [2.05, 4.69) is 43.5 Å². The molecule has 0 rings (SSSR count). The molecule has 0 aromatic carbocycles. The van der Waals surface area contributed by atoms with Crippen LogP contribution in [0.3, 0.4) is 0 Å². The number of hydrogen-bond donors (Lipinski definition) is 4. The van der Waals surface area contributed by atoms with Crippen molar-refractivity contribution in [1.82, 2.24) is 5.32 Å². The number of allylic oxidation sites excluding steroid dienone is 4. The van der Waals surface area contributed by atoms with Crippen LogP contribution < -0.4 is 5.32 Å². The highest BCUT2D eigenvalue weighted by molar-refractivity contribution is 5.76. The number of unbranched alkanes of at least 4 members (excludes halogenated alkanes) is 48. The first-order valence-corrected chi connectivity index (χ1v) is 34.2. The van der Waals surface area contributed by atoms with Gasteiger partial charge in [-0.15, -0.1) is 0 Å². The SMILES string of the molecule is CCCCC/C=C\C/C=C\CCCCCCCC(=O)OCCCCCCCCCCCCCCCCCCCCCCCCCCCCC(=O)N[C@@H](CO)[C@H](O)[C@H](O)CCCCCCCCCCCCCCCCCC. The number of aliphatic hydroxyl groups excluding tert-OH is 3. The van der Waals surface area contributed by atoms with E-state index in [1.807, 2.05) is 0 Å². The van der Waals surface area contributed by atoms with Crippen LogP contribution in [0.1, 0.15) is 373 Å². The molecule has 450 valence electrons. The van der Waals surface area contributed by atoms with Gasteiger partial charge in [-0.05, 0) is 57.8 Å². The minimum Gasteiger partial charge on any atom is -0.466 e. The second kappa shape index (κ2) is 64.1. The molecule has 0 spiro atoms. The van der Waals surface area contributed by atoms with Gasteiger partial charge in [-0.2, -0.15) is 0 Å². The lowest BCUT2D eigenvalue weighted by molar-refractivity contribution is -0.143. The normalized spacial score (nSPS) is 13.1. The number of esters is 1. The van der Waals surface area contributed by atoms with Crippen LogP contribution >= 0.6 is 0 Å². The minimum atomic E-state index is -1.14. The predicted octanol–water partition coefficient (Wildman–Crippen LogP) is 20.7. The quantitative estimate of drug-likeness (QED) is 0.0274. The van der Waals surface area contributed by atoms with Gasteiger partial charge >= 0.3 is 5.97 Å². The van der Waals surface area contributed by atoms with Crippen LogP contribution in [0.5, 0.6) is 0 Å². The smallest absolute Gasteiger partial charge is 0.305 e. The van der Waals surface area contributed by atoms with Gasteiger partial charge < -0.3 is 25.4 Å². The highest BCUT2D eigenvalue weighted by atomic mass is 16.5. The van der Waals surface area contributed by atoms with Gasteiger partial charge in [-0.1, -0.05) is 327 Å². The van der Waals surface area contributed by atoms with Gasteiger partial charge in [0.15, 0.2) is 0 Å². The van der Waals surface area contributed by atoms with E-state index in [9.17, 15) is 24.9 Å². The fourth-order valence-electron chi connectivity index (χ4n) is 10.8. The summed E-state index contributed by atoms with van der Waals surface area (Å²) in [6.45, 7) is 4.77. The van der Waals surface area contributed by atoms with Crippen LogP contribution in [0.15, 0.2) is 24.3 Å². The van der Waals surface area contributed by atoms with Crippen LogP contribution in [0.25, 0.3) is 0 Å². The molecular formula is C69H133NO6. The topological polar surface area (TPSA) is 116 Å². The molecule has 0 fully saturated rings. The molecule has 0 unspecified atom stereocenters. The Kier molecular flexibility index (Phi) is 62.7. The van der Waals surface area contributed by atoms with E-state index in [0.29, 0.717) is 25.9 Å². The standard InChI is InChI=1S/C69H133NO6/c1-3-5-7-9-11-13-15-17-19-33-36-40-44-48-52-56-60-66(72)69(75)65(64-71)70-67(73)61-57-53-49-45-41-37-34-30-28-26-24-22-20-21-23-25-27-29-31-35-39-43-47-51-55-59-63-76-68(74)62-58-54-50-46-42-38-32-18-16-14-12-10-8-6-4-2/h12,14,18,32,65-66,69,71-72,75H,3-11,13,15-17,19-31,33-64H2,1-2H3,(H,70,73)/b14-12-,32-18-/t65-,66+,69-/m0/s1. The Labute approximate surface area is 474 Å². The first-order chi connectivity index (χ1) is 37.5. The predicted molar refractivity (Wildman–Crippen MR) is 330 cm³/mol. The molecule has 0 radical (unpaired) electrons. The highest BCUT2D eigenvalue weighted by Crippen LogP contribution is 2.19. The lowest BCUT2D eigenvalue weighted by Crippen LogP contribution is -2.50. The van der Waals surface area contributed by atoms with Crippen LogP contribution in [0.2, 0.25) is 0 Å². The number of rotatable bonds is 64. The molecule has 0 bridgehead atoms. The second-order valence-corrected chi connectivity index (χ2v) is 23.7. The molecule has 0 heterocycles. The first kappa shape index (κ1) is 74.3. The van der Waals surface area contributed by atoms with Crippen molar-refractivity contribution in [2.45, 2.75) is 392 Å². The largest absolute Gasteiger partial charge is 0.466 e. The Morgan fingerprint density at radius 1 is 0.382 bits per heavy atom. The van der Waals surface area contributed by atoms with Crippen LogP contribution in [0, 0.1) is 0 Å². The zero-order chi connectivity index (χ0) is 55.1. The lowest BCUT2D eigenvalue weighted by Gasteiger charge is -2.26. The second-order valence-electron chi connectivity index (χ2n) is 23.7. The summed E-state index contributed by atoms with van der Waals surface area (Å²) in [5, 5.41) is 33.8. The number of carbonyl (C=O) groups is 2. The molecule has 0 aliphatic heterocycles. The number of ether oxygens (including phenoxy) is 1. The molecule has 0 saturated carbocycles. The zero-order valence-electron chi connectivity index (χ0n) is 51.1. The third-order valence-electron chi connectivity index (χ3n) is 16.1. The molecule has 4 N–H and O–H groups in total. The average molecular weight is 1070 g/mol. The molecule has 1 amide bonds. The summed E-state index contributed by atoms with van der Waals surface area (Å²) < 4.78 is 5.48. The molecule has 0 aromatic heterocycles. The van der Waals surface area contributed by atoms with E-state index in [4.69, 9.17) is 4.74 Å². The van der Waals surface area contributed by atoms with Crippen molar-refractivity contribution in [3.05, 3.63) is 24.3 Å². The molecule has 0 saturated heterocycles. The number of aliphatic hydroxyl groups is 3. The van der Waals surface area contributed by atoms with Gasteiger partial charge in [0.25, 0.3) is 0 Å². The maximum atomic E-state index is 12.5. The number of carbonyl (C=O) groups excluding carboxylic acids is 2. The van der Waals surface area contributed by atoms with E-state index >= 15 is 0 Å². The maximum Gasteiger partial charge on any atom is 0.305 e. The third kappa shape index (κ3) is 58.4. The van der Waals surface area contributed by atoms with E-state index in [1.165, 1.54) is 276 Å². The van der Waals surface area contributed by atoms with E-state index in [0.717, 1.165) is 64.2 Å². The average Bonchev–Trinajstić information content (AvgIpc) is 3.42. The maximum absolute atomic E-state index is 12.5.